The predicted molar refractivity (Wildman–Crippen MR) is 74.7 cm³/mol. The Hall–Kier alpha value is -2.56. The summed E-state index contributed by atoms with van der Waals surface area (Å²) in [5.41, 5.74) is 9.26. The molecule has 0 aliphatic carbocycles. The second-order valence-corrected chi connectivity index (χ2v) is 4.38. The fourth-order valence-corrected chi connectivity index (χ4v) is 2.04. The Labute approximate surface area is 110 Å². The van der Waals surface area contributed by atoms with Crippen LogP contribution in [-0.4, -0.2) is 10.1 Å². The van der Waals surface area contributed by atoms with Crippen molar-refractivity contribution in [3.8, 4) is 0 Å². The molecular weight excluding hydrogens is 240 g/mol. The Kier molecular flexibility index (Phi) is 2.79. The van der Waals surface area contributed by atoms with Crippen LogP contribution in [-0.2, 0) is 6.54 Å². The van der Waals surface area contributed by atoms with Gasteiger partial charge in [0.05, 0.1) is 17.7 Å². The standard InChI is InChI=1S/C14H14N4O/c1-9-7-10(18-19-9)8-17-13-5-4-12(15)14-11(13)3-2-6-16-14/h2-7,17H,8,15H2,1H3. The maximum atomic E-state index is 5.92. The topological polar surface area (TPSA) is 77.0 Å². The molecule has 96 valence electrons. The molecule has 0 saturated carbocycles. The molecule has 1 aromatic carbocycles. The fraction of sp³-hybridized carbons (Fsp3) is 0.143. The first-order chi connectivity index (χ1) is 9.24. The smallest absolute Gasteiger partial charge is 0.133 e. The van der Waals surface area contributed by atoms with Crippen molar-refractivity contribution < 1.29 is 4.52 Å². The minimum absolute atomic E-state index is 0.602. The summed E-state index contributed by atoms with van der Waals surface area (Å²) in [7, 11) is 0. The maximum absolute atomic E-state index is 5.92. The number of fused-ring (bicyclic) bond motifs is 1. The van der Waals surface area contributed by atoms with Gasteiger partial charge in [0, 0.05) is 23.3 Å². The van der Waals surface area contributed by atoms with Gasteiger partial charge in [-0.2, -0.15) is 0 Å². The molecule has 0 aliphatic heterocycles. The quantitative estimate of drug-likeness (QED) is 0.703. The lowest BCUT2D eigenvalue weighted by atomic mass is 10.1. The van der Waals surface area contributed by atoms with Gasteiger partial charge in [0.15, 0.2) is 0 Å². The van der Waals surface area contributed by atoms with Crippen LogP contribution in [0, 0.1) is 6.92 Å². The molecule has 3 rings (SSSR count). The molecule has 19 heavy (non-hydrogen) atoms. The molecule has 0 spiro atoms. The van der Waals surface area contributed by atoms with Gasteiger partial charge in [-0.1, -0.05) is 5.16 Å². The van der Waals surface area contributed by atoms with Crippen molar-refractivity contribution >= 4 is 22.3 Å². The third-order valence-electron chi connectivity index (χ3n) is 2.94. The molecule has 0 saturated heterocycles. The van der Waals surface area contributed by atoms with Crippen LogP contribution in [0.3, 0.4) is 0 Å². The number of benzene rings is 1. The molecule has 2 aromatic heterocycles. The average Bonchev–Trinajstić information content (AvgIpc) is 2.84. The van der Waals surface area contributed by atoms with Gasteiger partial charge < -0.3 is 15.6 Å². The minimum Gasteiger partial charge on any atom is -0.397 e. The summed E-state index contributed by atoms with van der Waals surface area (Å²) in [5, 5.41) is 8.28. The maximum Gasteiger partial charge on any atom is 0.133 e. The van der Waals surface area contributed by atoms with Gasteiger partial charge in [-0.25, -0.2) is 0 Å². The molecule has 5 nitrogen and oxygen atoms in total. The summed E-state index contributed by atoms with van der Waals surface area (Å²) in [6, 6.07) is 9.60. The number of pyridine rings is 1. The Morgan fingerprint density at radius 2 is 2.21 bits per heavy atom. The number of nitrogens with two attached hydrogens (primary N) is 1. The number of hydrogen-bond acceptors (Lipinski definition) is 5. The van der Waals surface area contributed by atoms with E-state index in [1.54, 1.807) is 6.20 Å². The van der Waals surface area contributed by atoms with Crippen molar-refractivity contribution in [1.82, 2.24) is 10.1 Å². The van der Waals surface area contributed by atoms with Crippen molar-refractivity contribution in [3.63, 3.8) is 0 Å². The first-order valence-corrected chi connectivity index (χ1v) is 6.03. The molecular formula is C14H14N4O. The minimum atomic E-state index is 0.602. The highest BCUT2D eigenvalue weighted by atomic mass is 16.5. The second-order valence-electron chi connectivity index (χ2n) is 4.38. The number of nitrogens with one attached hydrogen (secondary N) is 1. The van der Waals surface area contributed by atoms with Gasteiger partial charge in [-0.05, 0) is 31.2 Å². The number of nitrogens with zero attached hydrogens (tertiary/aromatic N) is 2. The molecule has 0 bridgehead atoms. The molecule has 2 heterocycles. The number of rotatable bonds is 3. The van der Waals surface area contributed by atoms with E-state index in [9.17, 15) is 0 Å². The second kappa shape index (κ2) is 4.61. The molecule has 0 amide bonds. The first-order valence-electron chi connectivity index (χ1n) is 6.03. The Morgan fingerprint density at radius 1 is 1.32 bits per heavy atom. The van der Waals surface area contributed by atoms with E-state index in [2.05, 4.69) is 15.5 Å². The van der Waals surface area contributed by atoms with Gasteiger partial charge in [-0.3, -0.25) is 4.98 Å². The van der Waals surface area contributed by atoms with Crippen molar-refractivity contribution in [3.05, 3.63) is 48.0 Å². The summed E-state index contributed by atoms with van der Waals surface area (Å²) in [5.74, 6) is 0.806. The molecule has 0 atom stereocenters. The highest BCUT2D eigenvalue weighted by molar-refractivity contribution is 5.98. The monoisotopic (exact) mass is 254 g/mol. The molecule has 0 radical (unpaired) electrons. The normalized spacial score (nSPS) is 10.8. The van der Waals surface area contributed by atoms with Gasteiger partial charge in [0.2, 0.25) is 0 Å². The molecule has 5 heteroatoms. The molecule has 3 aromatic rings. The summed E-state index contributed by atoms with van der Waals surface area (Å²) in [4.78, 5) is 4.30. The number of aromatic nitrogens is 2. The first kappa shape index (κ1) is 11.5. The van der Waals surface area contributed by atoms with Crippen LogP contribution in [0.2, 0.25) is 0 Å². The Morgan fingerprint density at radius 3 is 3.00 bits per heavy atom. The summed E-state index contributed by atoms with van der Waals surface area (Å²) in [6.45, 7) is 2.48. The molecule has 3 N–H and O–H groups in total. The van der Waals surface area contributed by atoms with Gasteiger partial charge in [0.1, 0.15) is 11.5 Å². The summed E-state index contributed by atoms with van der Waals surface area (Å²) >= 11 is 0. The molecule has 0 unspecified atom stereocenters. The Balaban J connectivity index is 1.91. The largest absolute Gasteiger partial charge is 0.397 e. The SMILES string of the molecule is Cc1cc(CNc2ccc(N)c3ncccc23)no1. The predicted octanol–water partition coefficient (Wildman–Crippen LogP) is 2.73. The van der Waals surface area contributed by atoms with E-state index in [1.165, 1.54) is 0 Å². The van der Waals surface area contributed by atoms with Crippen LogP contribution in [0.4, 0.5) is 11.4 Å². The third kappa shape index (κ3) is 2.22. The van der Waals surface area contributed by atoms with Crippen LogP contribution in [0.15, 0.2) is 41.1 Å². The highest BCUT2D eigenvalue weighted by Crippen LogP contribution is 2.26. The highest BCUT2D eigenvalue weighted by Gasteiger charge is 2.05. The molecule has 0 fully saturated rings. The molecule has 0 aliphatic rings. The van der Waals surface area contributed by atoms with E-state index in [0.29, 0.717) is 12.2 Å². The average molecular weight is 254 g/mol. The van der Waals surface area contributed by atoms with Gasteiger partial charge >= 0.3 is 0 Å². The number of hydrogen-bond donors (Lipinski definition) is 2. The third-order valence-corrected chi connectivity index (χ3v) is 2.94. The van der Waals surface area contributed by atoms with Crippen molar-refractivity contribution in [2.45, 2.75) is 13.5 Å². The number of nitrogen functional groups attached to an aromatic ring is 1. The number of aryl methyl sites for hydroxylation is 1. The van der Waals surface area contributed by atoms with Crippen LogP contribution < -0.4 is 11.1 Å². The lowest BCUT2D eigenvalue weighted by molar-refractivity contribution is 0.391. The number of anilines is 2. The van der Waals surface area contributed by atoms with Gasteiger partial charge in [0.25, 0.3) is 0 Å². The van der Waals surface area contributed by atoms with E-state index in [4.69, 9.17) is 10.3 Å². The lowest BCUT2D eigenvalue weighted by Crippen LogP contribution is -2.01. The Bertz CT molecular complexity index is 720. The van der Waals surface area contributed by atoms with Crippen LogP contribution in [0.5, 0.6) is 0 Å². The zero-order chi connectivity index (χ0) is 13.2. The summed E-state index contributed by atoms with van der Waals surface area (Å²) in [6.07, 6.45) is 1.74. The summed E-state index contributed by atoms with van der Waals surface area (Å²) < 4.78 is 5.04. The van der Waals surface area contributed by atoms with Crippen molar-refractivity contribution in [2.24, 2.45) is 0 Å². The zero-order valence-corrected chi connectivity index (χ0v) is 10.6. The van der Waals surface area contributed by atoms with Crippen LogP contribution in [0.25, 0.3) is 10.9 Å². The van der Waals surface area contributed by atoms with Gasteiger partial charge in [-0.15, -0.1) is 0 Å². The van der Waals surface area contributed by atoms with E-state index >= 15 is 0 Å². The van der Waals surface area contributed by atoms with E-state index in [0.717, 1.165) is 28.0 Å². The van der Waals surface area contributed by atoms with Crippen molar-refractivity contribution in [2.75, 3.05) is 11.1 Å². The van der Waals surface area contributed by atoms with Crippen LogP contribution >= 0.6 is 0 Å². The lowest BCUT2D eigenvalue weighted by Gasteiger charge is -2.09. The van der Waals surface area contributed by atoms with E-state index in [-0.39, 0.29) is 0 Å². The van der Waals surface area contributed by atoms with E-state index in [1.807, 2.05) is 37.3 Å². The fourth-order valence-electron chi connectivity index (χ4n) is 2.04. The zero-order valence-electron chi connectivity index (χ0n) is 10.6. The van der Waals surface area contributed by atoms with Crippen molar-refractivity contribution in [1.29, 1.82) is 0 Å². The van der Waals surface area contributed by atoms with E-state index < -0.39 is 0 Å². The van der Waals surface area contributed by atoms with Crippen LogP contribution in [0.1, 0.15) is 11.5 Å².